The molecule has 2 aromatic carbocycles. The molecule has 0 radical (unpaired) electrons. The number of nitrogens with one attached hydrogen (secondary N) is 1. The monoisotopic (exact) mass is 307 g/mol. The molecule has 0 heterocycles. The third-order valence-electron chi connectivity index (χ3n) is 2.94. The van der Waals surface area contributed by atoms with E-state index in [1.54, 1.807) is 19.1 Å². The van der Waals surface area contributed by atoms with E-state index >= 15 is 0 Å². The Kier molecular flexibility index (Phi) is 4.09. The maximum Gasteiger partial charge on any atom is 0.255 e. The maximum atomic E-state index is 13.2. The third kappa shape index (κ3) is 3.66. The van der Waals surface area contributed by atoms with E-state index in [0.717, 1.165) is 6.26 Å². The van der Waals surface area contributed by atoms with Crippen LogP contribution in [0.2, 0.25) is 0 Å². The minimum absolute atomic E-state index is 0.121. The largest absolute Gasteiger partial charge is 0.322 e. The van der Waals surface area contributed by atoms with Crippen molar-refractivity contribution in [1.29, 1.82) is 0 Å². The summed E-state index contributed by atoms with van der Waals surface area (Å²) in [6.45, 7) is 1.57. The van der Waals surface area contributed by atoms with Gasteiger partial charge >= 0.3 is 0 Å². The molecule has 0 saturated heterocycles. The number of benzene rings is 2. The Balaban J connectivity index is 2.25. The number of hydrogen-bond acceptors (Lipinski definition) is 3. The number of carbonyl (C=O) groups excluding carboxylic acids is 1. The van der Waals surface area contributed by atoms with Gasteiger partial charge in [-0.3, -0.25) is 4.79 Å². The number of rotatable bonds is 3. The van der Waals surface area contributed by atoms with Crippen molar-refractivity contribution < 1.29 is 17.6 Å². The lowest BCUT2D eigenvalue weighted by Gasteiger charge is -2.07. The van der Waals surface area contributed by atoms with Crippen molar-refractivity contribution in [2.75, 3.05) is 11.6 Å². The van der Waals surface area contributed by atoms with Gasteiger partial charge in [-0.2, -0.15) is 0 Å². The van der Waals surface area contributed by atoms with Gasteiger partial charge in [0, 0.05) is 17.5 Å². The molecule has 2 rings (SSSR count). The number of anilines is 1. The number of aryl methyl sites for hydroxylation is 1. The quantitative estimate of drug-likeness (QED) is 0.948. The molecule has 0 aliphatic carbocycles. The number of carbonyl (C=O) groups is 1. The number of hydrogen-bond donors (Lipinski definition) is 1. The highest BCUT2D eigenvalue weighted by molar-refractivity contribution is 7.90. The Bertz CT molecular complexity index is 800. The normalized spacial score (nSPS) is 11.2. The molecule has 6 heteroatoms. The molecule has 1 amide bonds. The molecule has 21 heavy (non-hydrogen) atoms. The SMILES string of the molecule is Cc1cc(C(=O)Nc2cccc(S(C)(=O)=O)c2)ccc1F. The lowest BCUT2D eigenvalue weighted by molar-refractivity contribution is 0.102. The first-order valence-corrected chi connectivity index (χ1v) is 8.04. The summed E-state index contributed by atoms with van der Waals surface area (Å²) >= 11 is 0. The van der Waals surface area contributed by atoms with E-state index in [0.29, 0.717) is 16.8 Å². The van der Waals surface area contributed by atoms with E-state index in [-0.39, 0.29) is 10.7 Å². The Morgan fingerprint density at radius 3 is 2.48 bits per heavy atom. The van der Waals surface area contributed by atoms with Crippen molar-refractivity contribution in [3.63, 3.8) is 0 Å². The highest BCUT2D eigenvalue weighted by Crippen LogP contribution is 2.17. The maximum absolute atomic E-state index is 13.2. The molecule has 0 aliphatic rings. The van der Waals surface area contributed by atoms with Crippen molar-refractivity contribution in [3.8, 4) is 0 Å². The molecule has 0 atom stereocenters. The van der Waals surface area contributed by atoms with Crippen LogP contribution in [0.1, 0.15) is 15.9 Å². The molecule has 0 unspecified atom stereocenters. The zero-order valence-corrected chi connectivity index (χ0v) is 12.4. The zero-order chi connectivity index (χ0) is 15.6. The van der Waals surface area contributed by atoms with E-state index in [1.807, 2.05) is 0 Å². The smallest absolute Gasteiger partial charge is 0.255 e. The zero-order valence-electron chi connectivity index (χ0n) is 11.6. The standard InChI is InChI=1S/C15H14FNO3S/c1-10-8-11(6-7-14(10)16)15(18)17-12-4-3-5-13(9-12)21(2,19)20/h3-9H,1-2H3,(H,17,18). The lowest BCUT2D eigenvalue weighted by Crippen LogP contribution is -2.12. The fourth-order valence-corrected chi connectivity index (χ4v) is 2.46. The summed E-state index contributed by atoms with van der Waals surface area (Å²) in [6, 6.07) is 9.99. The fraction of sp³-hybridized carbons (Fsp3) is 0.133. The summed E-state index contributed by atoms with van der Waals surface area (Å²) < 4.78 is 36.1. The van der Waals surface area contributed by atoms with Gasteiger partial charge in [0.2, 0.25) is 0 Å². The Morgan fingerprint density at radius 2 is 1.86 bits per heavy atom. The Labute approximate surface area is 122 Å². The molecular formula is C15H14FNO3S. The summed E-state index contributed by atoms with van der Waals surface area (Å²) in [5.41, 5.74) is 1.04. The van der Waals surface area contributed by atoms with Crippen LogP contribution in [-0.2, 0) is 9.84 Å². The third-order valence-corrected chi connectivity index (χ3v) is 4.05. The second kappa shape index (κ2) is 5.65. The van der Waals surface area contributed by atoms with Crippen LogP contribution < -0.4 is 5.32 Å². The van der Waals surface area contributed by atoms with E-state index in [1.165, 1.54) is 30.3 Å². The van der Waals surface area contributed by atoms with Gasteiger partial charge in [0.15, 0.2) is 9.84 Å². The minimum atomic E-state index is -3.34. The summed E-state index contributed by atoms with van der Waals surface area (Å²) in [5, 5.41) is 2.59. The molecule has 0 fully saturated rings. The summed E-state index contributed by atoms with van der Waals surface area (Å²) in [5.74, 6) is -0.811. The summed E-state index contributed by atoms with van der Waals surface area (Å²) in [7, 11) is -3.34. The van der Waals surface area contributed by atoms with Crippen LogP contribution in [0.4, 0.5) is 10.1 Å². The average Bonchev–Trinajstić information content (AvgIpc) is 2.41. The summed E-state index contributed by atoms with van der Waals surface area (Å²) in [6.07, 6.45) is 1.09. The molecule has 0 aliphatic heterocycles. The molecule has 0 bridgehead atoms. The van der Waals surface area contributed by atoms with Crippen molar-refractivity contribution in [2.24, 2.45) is 0 Å². The van der Waals surface area contributed by atoms with E-state index in [9.17, 15) is 17.6 Å². The predicted octanol–water partition coefficient (Wildman–Crippen LogP) is 2.79. The summed E-state index contributed by atoms with van der Waals surface area (Å²) in [4.78, 5) is 12.2. The molecule has 1 N–H and O–H groups in total. The molecule has 0 aromatic heterocycles. The van der Waals surface area contributed by atoms with Crippen LogP contribution in [0.25, 0.3) is 0 Å². The fourth-order valence-electron chi connectivity index (χ4n) is 1.79. The van der Waals surface area contributed by atoms with Crippen molar-refractivity contribution in [2.45, 2.75) is 11.8 Å². The predicted molar refractivity (Wildman–Crippen MR) is 78.6 cm³/mol. The van der Waals surface area contributed by atoms with E-state index in [2.05, 4.69) is 5.32 Å². The van der Waals surface area contributed by atoms with Crippen LogP contribution in [0.15, 0.2) is 47.4 Å². The number of amides is 1. The van der Waals surface area contributed by atoms with Crippen molar-refractivity contribution in [3.05, 3.63) is 59.4 Å². The van der Waals surface area contributed by atoms with Crippen molar-refractivity contribution >= 4 is 21.4 Å². The van der Waals surface area contributed by atoms with Gasteiger partial charge in [0.1, 0.15) is 5.82 Å². The number of sulfone groups is 1. The van der Waals surface area contributed by atoms with Gasteiger partial charge in [-0.1, -0.05) is 6.07 Å². The second-order valence-corrected chi connectivity index (χ2v) is 6.73. The Morgan fingerprint density at radius 1 is 1.14 bits per heavy atom. The van der Waals surface area contributed by atoms with Crippen LogP contribution in [-0.4, -0.2) is 20.6 Å². The van der Waals surface area contributed by atoms with Gasteiger partial charge in [0.25, 0.3) is 5.91 Å². The lowest BCUT2D eigenvalue weighted by atomic mass is 10.1. The topological polar surface area (TPSA) is 63.2 Å². The Hall–Kier alpha value is -2.21. The highest BCUT2D eigenvalue weighted by Gasteiger charge is 2.11. The molecule has 0 saturated carbocycles. The van der Waals surface area contributed by atoms with Crippen molar-refractivity contribution in [1.82, 2.24) is 0 Å². The average molecular weight is 307 g/mol. The van der Waals surface area contributed by atoms with Crippen LogP contribution in [0.5, 0.6) is 0 Å². The van der Waals surface area contributed by atoms with Crippen LogP contribution >= 0.6 is 0 Å². The number of halogens is 1. The van der Waals surface area contributed by atoms with Gasteiger partial charge in [-0.05, 0) is 48.9 Å². The van der Waals surface area contributed by atoms with E-state index in [4.69, 9.17) is 0 Å². The molecule has 110 valence electrons. The molecule has 2 aromatic rings. The highest BCUT2D eigenvalue weighted by atomic mass is 32.2. The van der Waals surface area contributed by atoms with Gasteiger partial charge in [0.05, 0.1) is 4.90 Å². The van der Waals surface area contributed by atoms with Crippen LogP contribution in [0.3, 0.4) is 0 Å². The molecular weight excluding hydrogens is 293 g/mol. The molecule has 0 spiro atoms. The van der Waals surface area contributed by atoms with Gasteiger partial charge in [-0.15, -0.1) is 0 Å². The first-order valence-electron chi connectivity index (χ1n) is 6.15. The van der Waals surface area contributed by atoms with Gasteiger partial charge in [-0.25, -0.2) is 12.8 Å². The van der Waals surface area contributed by atoms with Crippen LogP contribution in [0, 0.1) is 12.7 Å². The first kappa shape index (κ1) is 15.2. The molecule has 4 nitrogen and oxygen atoms in total. The second-order valence-electron chi connectivity index (χ2n) is 4.72. The van der Waals surface area contributed by atoms with E-state index < -0.39 is 15.7 Å². The minimum Gasteiger partial charge on any atom is -0.322 e. The first-order chi connectivity index (χ1) is 9.77. The van der Waals surface area contributed by atoms with Gasteiger partial charge < -0.3 is 5.32 Å².